The molecule has 2 N–H and O–H groups in total. The van der Waals surface area contributed by atoms with Gasteiger partial charge in [0.25, 0.3) is 0 Å². The molecule has 0 aliphatic heterocycles. The first-order chi connectivity index (χ1) is 5.63. The number of hydrogen-bond acceptors (Lipinski definition) is 3. The lowest BCUT2D eigenvalue weighted by molar-refractivity contribution is 0.397. The number of nitrogens with zero attached hydrogens (tertiary/aromatic N) is 1. The zero-order valence-corrected chi connectivity index (χ0v) is 7.29. The quantitative estimate of drug-likeness (QED) is 0.717. The molecule has 1 aromatic heterocycles. The maximum Gasteiger partial charge on any atom is 0.213 e. The fourth-order valence-corrected chi connectivity index (χ4v) is 0.928. The maximum atomic E-state index is 5.53. The van der Waals surface area contributed by atoms with Gasteiger partial charge in [0.2, 0.25) is 5.88 Å². The second kappa shape index (κ2) is 3.26. The predicted molar refractivity (Wildman–Crippen MR) is 48.7 cm³/mol. The van der Waals surface area contributed by atoms with Crippen LogP contribution in [0.3, 0.4) is 0 Å². The van der Waals surface area contributed by atoms with Gasteiger partial charge in [0.05, 0.1) is 7.11 Å². The van der Waals surface area contributed by atoms with E-state index in [4.69, 9.17) is 10.5 Å². The molecule has 1 heterocycles. The molecular formula is C9H12N2O. The van der Waals surface area contributed by atoms with Crippen molar-refractivity contribution in [1.82, 2.24) is 4.98 Å². The van der Waals surface area contributed by atoms with Crippen molar-refractivity contribution >= 4 is 5.70 Å². The van der Waals surface area contributed by atoms with Crippen molar-refractivity contribution in [2.75, 3.05) is 7.11 Å². The summed E-state index contributed by atoms with van der Waals surface area (Å²) in [6.45, 7) is 5.52. The van der Waals surface area contributed by atoms with Gasteiger partial charge in [-0.05, 0) is 13.0 Å². The highest BCUT2D eigenvalue weighted by atomic mass is 16.5. The number of rotatable bonds is 2. The number of methoxy groups -OCH3 is 1. The summed E-state index contributed by atoms with van der Waals surface area (Å²) < 4.78 is 4.98. The van der Waals surface area contributed by atoms with Crippen LogP contribution < -0.4 is 10.5 Å². The molecule has 0 spiro atoms. The van der Waals surface area contributed by atoms with Gasteiger partial charge in [-0.25, -0.2) is 4.98 Å². The Kier molecular flexibility index (Phi) is 2.33. The topological polar surface area (TPSA) is 48.1 Å². The minimum Gasteiger partial charge on any atom is -0.481 e. The van der Waals surface area contributed by atoms with Gasteiger partial charge in [0.1, 0.15) is 0 Å². The molecule has 0 aliphatic rings. The van der Waals surface area contributed by atoms with Gasteiger partial charge in [-0.3, -0.25) is 0 Å². The Morgan fingerprint density at radius 1 is 1.58 bits per heavy atom. The second-order valence-electron chi connectivity index (χ2n) is 2.56. The summed E-state index contributed by atoms with van der Waals surface area (Å²) in [6, 6.07) is 3.63. The summed E-state index contributed by atoms with van der Waals surface area (Å²) >= 11 is 0. The first-order valence-corrected chi connectivity index (χ1v) is 3.61. The highest BCUT2D eigenvalue weighted by Gasteiger charge is 2.00. The number of aryl methyl sites for hydroxylation is 1. The summed E-state index contributed by atoms with van der Waals surface area (Å²) in [5, 5.41) is 0. The van der Waals surface area contributed by atoms with Crippen LogP contribution in [0.2, 0.25) is 0 Å². The first-order valence-electron chi connectivity index (χ1n) is 3.61. The number of pyridine rings is 1. The van der Waals surface area contributed by atoms with E-state index in [0.29, 0.717) is 11.6 Å². The van der Waals surface area contributed by atoms with Gasteiger partial charge < -0.3 is 10.5 Å². The molecule has 0 amide bonds. The molecular weight excluding hydrogens is 152 g/mol. The molecule has 3 heteroatoms. The Morgan fingerprint density at radius 3 is 2.75 bits per heavy atom. The largest absolute Gasteiger partial charge is 0.481 e. The maximum absolute atomic E-state index is 5.53. The number of ether oxygens (including phenoxy) is 1. The molecule has 64 valence electrons. The van der Waals surface area contributed by atoms with Crippen LogP contribution in [0.15, 0.2) is 18.7 Å². The van der Waals surface area contributed by atoms with Crippen LogP contribution in [0.5, 0.6) is 5.88 Å². The van der Waals surface area contributed by atoms with E-state index in [9.17, 15) is 0 Å². The van der Waals surface area contributed by atoms with Gasteiger partial charge >= 0.3 is 0 Å². The van der Waals surface area contributed by atoms with E-state index < -0.39 is 0 Å². The Morgan fingerprint density at radius 2 is 2.25 bits per heavy atom. The normalized spacial score (nSPS) is 9.50. The van der Waals surface area contributed by atoms with Crippen molar-refractivity contribution in [2.45, 2.75) is 6.92 Å². The van der Waals surface area contributed by atoms with Gasteiger partial charge in [-0.1, -0.05) is 6.58 Å². The van der Waals surface area contributed by atoms with Crippen LogP contribution in [-0.2, 0) is 0 Å². The van der Waals surface area contributed by atoms with Gasteiger partial charge in [0, 0.05) is 23.0 Å². The monoisotopic (exact) mass is 164 g/mol. The van der Waals surface area contributed by atoms with Crippen LogP contribution >= 0.6 is 0 Å². The SMILES string of the molecule is C=C(N)c1cc(C)nc(OC)c1. The fourth-order valence-electron chi connectivity index (χ4n) is 0.928. The van der Waals surface area contributed by atoms with Crippen molar-refractivity contribution < 1.29 is 4.74 Å². The minimum absolute atomic E-state index is 0.527. The lowest BCUT2D eigenvalue weighted by atomic mass is 10.2. The minimum atomic E-state index is 0.527. The van der Waals surface area contributed by atoms with Gasteiger partial charge in [0.15, 0.2) is 0 Å². The molecule has 0 bridgehead atoms. The molecule has 0 saturated heterocycles. The van der Waals surface area contributed by atoms with Crippen LogP contribution in [0.1, 0.15) is 11.3 Å². The standard InChI is InChI=1S/C9H12N2O/c1-6-4-8(7(2)10)5-9(11-6)12-3/h4-5H,2,10H2,1,3H3. The molecule has 0 fully saturated rings. The third kappa shape index (κ3) is 1.75. The number of hydrogen-bond donors (Lipinski definition) is 1. The summed E-state index contributed by atoms with van der Waals surface area (Å²) in [5.74, 6) is 0.566. The summed E-state index contributed by atoms with van der Waals surface area (Å²) in [6.07, 6.45) is 0. The molecule has 0 radical (unpaired) electrons. The summed E-state index contributed by atoms with van der Waals surface area (Å²) in [5.41, 5.74) is 7.79. The average Bonchev–Trinajstić information content (AvgIpc) is 2.03. The molecule has 0 unspecified atom stereocenters. The lowest BCUT2D eigenvalue weighted by Gasteiger charge is -2.04. The van der Waals surface area contributed by atoms with E-state index in [1.54, 1.807) is 13.2 Å². The molecule has 0 aliphatic carbocycles. The van der Waals surface area contributed by atoms with E-state index in [0.717, 1.165) is 11.3 Å². The Balaban J connectivity index is 3.15. The van der Waals surface area contributed by atoms with Crippen molar-refractivity contribution in [3.05, 3.63) is 30.0 Å². The Bertz CT molecular complexity index is 307. The van der Waals surface area contributed by atoms with Gasteiger partial charge in [-0.2, -0.15) is 0 Å². The molecule has 0 atom stereocenters. The molecule has 1 rings (SSSR count). The number of aromatic nitrogens is 1. The molecule has 0 aromatic carbocycles. The lowest BCUT2D eigenvalue weighted by Crippen LogP contribution is -1.97. The van der Waals surface area contributed by atoms with E-state index in [-0.39, 0.29) is 0 Å². The average molecular weight is 164 g/mol. The van der Waals surface area contributed by atoms with E-state index in [1.165, 1.54) is 0 Å². The molecule has 3 nitrogen and oxygen atoms in total. The van der Waals surface area contributed by atoms with Crippen LogP contribution in [0.25, 0.3) is 5.70 Å². The summed E-state index contributed by atoms with van der Waals surface area (Å²) in [7, 11) is 1.57. The third-order valence-electron chi connectivity index (χ3n) is 1.51. The zero-order valence-electron chi connectivity index (χ0n) is 7.29. The predicted octanol–water partition coefficient (Wildman–Crippen LogP) is 1.33. The third-order valence-corrected chi connectivity index (χ3v) is 1.51. The van der Waals surface area contributed by atoms with E-state index in [2.05, 4.69) is 11.6 Å². The van der Waals surface area contributed by atoms with Crippen molar-refractivity contribution in [2.24, 2.45) is 5.73 Å². The zero-order chi connectivity index (χ0) is 9.14. The van der Waals surface area contributed by atoms with Crippen LogP contribution in [0.4, 0.5) is 0 Å². The highest BCUT2D eigenvalue weighted by molar-refractivity contribution is 5.61. The van der Waals surface area contributed by atoms with Crippen molar-refractivity contribution in [1.29, 1.82) is 0 Å². The van der Waals surface area contributed by atoms with Crippen LogP contribution in [-0.4, -0.2) is 12.1 Å². The summed E-state index contributed by atoms with van der Waals surface area (Å²) in [4.78, 5) is 4.12. The highest BCUT2D eigenvalue weighted by Crippen LogP contribution is 2.14. The molecule has 12 heavy (non-hydrogen) atoms. The molecule has 0 saturated carbocycles. The molecule has 1 aromatic rings. The van der Waals surface area contributed by atoms with E-state index >= 15 is 0 Å². The number of nitrogens with two attached hydrogens (primary N) is 1. The fraction of sp³-hybridized carbons (Fsp3) is 0.222. The van der Waals surface area contributed by atoms with Crippen molar-refractivity contribution in [3.63, 3.8) is 0 Å². The smallest absolute Gasteiger partial charge is 0.213 e. The van der Waals surface area contributed by atoms with E-state index in [1.807, 2.05) is 13.0 Å². The second-order valence-corrected chi connectivity index (χ2v) is 2.56. The Labute approximate surface area is 71.9 Å². The van der Waals surface area contributed by atoms with Gasteiger partial charge in [-0.15, -0.1) is 0 Å². The first kappa shape index (κ1) is 8.59. The van der Waals surface area contributed by atoms with Crippen LogP contribution in [0, 0.1) is 6.92 Å². The Hall–Kier alpha value is -1.51. The van der Waals surface area contributed by atoms with Crippen molar-refractivity contribution in [3.8, 4) is 5.88 Å².